The minimum atomic E-state index is -0.392. The van der Waals surface area contributed by atoms with E-state index in [1.807, 2.05) is 0 Å². The predicted molar refractivity (Wildman–Crippen MR) is 71.4 cm³/mol. The van der Waals surface area contributed by atoms with Crippen LogP contribution >= 0.6 is 0 Å². The number of hydrogen-bond donors (Lipinski definition) is 1. The van der Waals surface area contributed by atoms with Crippen molar-refractivity contribution in [2.24, 2.45) is 0 Å². The monoisotopic (exact) mass is 263 g/mol. The number of anilines is 1. The maximum Gasteiger partial charge on any atom is 0.165 e. The molecular weight excluding hydrogens is 248 g/mol. The molecule has 0 aliphatic heterocycles. The predicted octanol–water partition coefficient (Wildman–Crippen LogP) is 3.89. The van der Waals surface area contributed by atoms with Crippen LogP contribution in [0.2, 0.25) is 0 Å². The highest BCUT2D eigenvalue weighted by molar-refractivity contribution is 5.46. The SMILES string of the molecule is COc1ccc(CNc2ccc(F)c(C)c2)cc1F. The van der Waals surface area contributed by atoms with Gasteiger partial charge in [0.05, 0.1) is 7.11 Å². The summed E-state index contributed by atoms with van der Waals surface area (Å²) in [6.45, 7) is 2.17. The molecule has 0 aliphatic carbocycles. The summed E-state index contributed by atoms with van der Waals surface area (Å²) in [5.74, 6) is -0.403. The maximum absolute atomic E-state index is 13.5. The molecule has 19 heavy (non-hydrogen) atoms. The third-order valence-corrected chi connectivity index (χ3v) is 2.87. The molecule has 2 nitrogen and oxygen atoms in total. The maximum atomic E-state index is 13.5. The van der Waals surface area contributed by atoms with Crippen LogP contribution in [0.3, 0.4) is 0 Å². The van der Waals surface area contributed by atoms with Gasteiger partial charge in [0, 0.05) is 12.2 Å². The molecule has 0 atom stereocenters. The number of halogens is 2. The minimum Gasteiger partial charge on any atom is -0.494 e. The first kappa shape index (κ1) is 13.3. The van der Waals surface area contributed by atoms with Crippen LogP contribution in [0.5, 0.6) is 5.75 Å². The van der Waals surface area contributed by atoms with Crippen LogP contribution in [0, 0.1) is 18.6 Å². The van der Waals surface area contributed by atoms with E-state index in [4.69, 9.17) is 4.74 Å². The van der Waals surface area contributed by atoms with E-state index in [9.17, 15) is 8.78 Å². The highest BCUT2D eigenvalue weighted by atomic mass is 19.1. The van der Waals surface area contributed by atoms with E-state index in [2.05, 4.69) is 5.32 Å². The zero-order chi connectivity index (χ0) is 13.8. The molecule has 2 rings (SSSR count). The standard InChI is InChI=1S/C15H15F2NO/c1-10-7-12(4-5-13(10)16)18-9-11-3-6-15(19-2)14(17)8-11/h3-8,18H,9H2,1-2H3. The van der Waals surface area contributed by atoms with Crippen molar-refractivity contribution in [3.05, 3.63) is 59.2 Å². The van der Waals surface area contributed by atoms with Gasteiger partial charge >= 0.3 is 0 Å². The largest absolute Gasteiger partial charge is 0.494 e. The average molecular weight is 263 g/mol. The highest BCUT2D eigenvalue weighted by Gasteiger charge is 2.04. The smallest absolute Gasteiger partial charge is 0.165 e. The molecule has 0 aromatic heterocycles. The summed E-state index contributed by atoms with van der Waals surface area (Å²) in [5.41, 5.74) is 2.17. The lowest BCUT2D eigenvalue weighted by atomic mass is 10.2. The van der Waals surface area contributed by atoms with Crippen LogP contribution in [0.25, 0.3) is 0 Å². The van der Waals surface area contributed by atoms with Crippen molar-refractivity contribution in [2.45, 2.75) is 13.5 Å². The lowest BCUT2D eigenvalue weighted by molar-refractivity contribution is 0.386. The lowest BCUT2D eigenvalue weighted by Crippen LogP contribution is -2.01. The van der Waals surface area contributed by atoms with E-state index in [-0.39, 0.29) is 11.6 Å². The van der Waals surface area contributed by atoms with Crippen molar-refractivity contribution in [3.8, 4) is 5.75 Å². The van der Waals surface area contributed by atoms with Gasteiger partial charge in [0.1, 0.15) is 5.82 Å². The fourth-order valence-electron chi connectivity index (χ4n) is 1.78. The number of hydrogen-bond acceptors (Lipinski definition) is 2. The van der Waals surface area contributed by atoms with Crippen LogP contribution in [0.1, 0.15) is 11.1 Å². The Morgan fingerprint density at radius 2 is 1.84 bits per heavy atom. The molecule has 0 saturated carbocycles. The Morgan fingerprint density at radius 3 is 2.47 bits per heavy atom. The normalized spacial score (nSPS) is 10.3. The van der Waals surface area contributed by atoms with Crippen molar-refractivity contribution in [1.82, 2.24) is 0 Å². The van der Waals surface area contributed by atoms with E-state index in [0.717, 1.165) is 11.3 Å². The van der Waals surface area contributed by atoms with Crippen LogP contribution in [0.15, 0.2) is 36.4 Å². The Balaban J connectivity index is 2.05. The summed E-state index contributed by atoms with van der Waals surface area (Å²) < 4.78 is 31.5. The van der Waals surface area contributed by atoms with Gasteiger partial charge in [-0.15, -0.1) is 0 Å². The quantitative estimate of drug-likeness (QED) is 0.903. The van der Waals surface area contributed by atoms with Gasteiger partial charge in [-0.1, -0.05) is 6.07 Å². The van der Waals surface area contributed by atoms with E-state index in [1.54, 1.807) is 31.2 Å². The second-order valence-electron chi connectivity index (χ2n) is 4.29. The second-order valence-corrected chi connectivity index (χ2v) is 4.29. The van der Waals surface area contributed by atoms with E-state index < -0.39 is 5.82 Å². The summed E-state index contributed by atoms with van der Waals surface area (Å²) in [6.07, 6.45) is 0. The van der Waals surface area contributed by atoms with Crippen molar-refractivity contribution in [3.63, 3.8) is 0 Å². The molecule has 0 amide bonds. The van der Waals surface area contributed by atoms with Gasteiger partial charge in [-0.2, -0.15) is 0 Å². The van der Waals surface area contributed by atoms with Crippen LogP contribution < -0.4 is 10.1 Å². The van der Waals surface area contributed by atoms with Crippen molar-refractivity contribution >= 4 is 5.69 Å². The first-order chi connectivity index (χ1) is 9.10. The molecule has 4 heteroatoms. The minimum absolute atomic E-state index is 0.223. The van der Waals surface area contributed by atoms with Gasteiger partial charge in [-0.05, 0) is 48.4 Å². The fraction of sp³-hybridized carbons (Fsp3) is 0.200. The van der Waals surface area contributed by atoms with Gasteiger partial charge in [-0.3, -0.25) is 0 Å². The molecule has 2 aromatic rings. The fourth-order valence-corrected chi connectivity index (χ4v) is 1.78. The zero-order valence-corrected chi connectivity index (χ0v) is 10.8. The molecule has 1 N–H and O–H groups in total. The highest BCUT2D eigenvalue weighted by Crippen LogP contribution is 2.19. The molecule has 0 saturated heterocycles. The molecule has 0 heterocycles. The van der Waals surface area contributed by atoms with E-state index in [1.165, 1.54) is 19.2 Å². The summed E-state index contributed by atoms with van der Waals surface area (Å²) in [5, 5.41) is 3.12. The first-order valence-electron chi connectivity index (χ1n) is 5.92. The number of rotatable bonds is 4. The van der Waals surface area contributed by atoms with Crippen LogP contribution in [-0.4, -0.2) is 7.11 Å². The Kier molecular flexibility index (Phi) is 4.00. The van der Waals surface area contributed by atoms with Crippen molar-refractivity contribution in [1.29, 1.82) is 0 Å². The molecule has 0 radical (unpaired) electrons. The number of benzene rings is 2. The molecule has 0 bridgehead atoms. The lowest BCUT2D eigenvalue weighted by Gasteiger charge is -2.09. The zero-order valence-electron chi connectivity index (χ0n) is 10.8. The van der Waals surface area contributed by atoms with Gasteiger partial charge in [-0.25, -0.2) is 8.78 Å². The molecular formula is C15H15F2NO. The topological polar surface area (TPSA) is 21.3 Å². The molecule has 0 aliphatic rings. The van der Waals surface area contributed by atoms with E-state index >= 15 is 0 Å². The number of nitrogens with one attached hydrogen (secondary N) is 1. The average Bonchev–Trinajstić information content (AvgIpc) is 2.40. The van der Waals surface area contributed by atoms with Gasteiger partial charge < -0.3 is 10.1 Å². The van der Waals surface area contributed by atoms with Gasteiger partial charge in [0.2, 0.25) is 0 Å². The third kappa shape index (κ3) is 3.22. The molecule has 100 valence electrons. The third-order valence-electron chi connectivity index (χ3n) is 2.87. The number of ether oxygens (including phenoxy) is 1. The Hall–Kier alpha value is -2.10. The number of aryl methyl sites for hydroxylation is 1. The molecule has 0 fully saturated rings. The van der Waals surface area contributed by atoms with Gasteiger partial charge in [0.15, 0.2) is 11.6 Å². The Morgan fingerprint density at radius 1 is 1.05 bits per heavy atom. The van der Waals surface area contributed by atoms with Crippen LogP contribution in [0.4, 0.5) is 14.5 Å². The Bertz CT molecular complexity index is 584. The molecule has 2 aromatic carbocycles. The summed E-state index contributed by atoms with van der Waals surface area (Å²) in [6, 6.07) is 9.57. The summed E-state index contributed by atoms with van der Waals surface area (Å²) >= 11 is 0. The van der Waals surface area contributed by atoms with Crippen molar-refractivity contribution < 1.29 is 13.5 Å². The van der Waals surface area contributed by atoms with E-state index in [0.29, 0.717) is 12.1 Å². The van der Waals surface area contributed by atoms with Gasteiger partial charge in [0.25, 0.3) is 0 Å². The van der Waals surface area contributed by atoms with Crippen LogP contribution in [-0.2, 0) is 6.54 Å². The first-order valence-corrected chi connectivity index (χ1v) is 5.92. The Labute approximate surface area is 111 Å². The molecule has 0 unspecified atom stereocenters. The summed E-state index contributed by atoms with van der Waals surface area (Å²) in [4.78, 5) is 0. The van der Waals surface area contributed by atoms with Crippen molar-refractivity contribution in [2.75, 3.05) is 12.4 Å². The molecule has 0 spiro atoms. The number of methoxy groups -OCH3 is 1. The second kappa shape index (κ2) is 5.69. The summed E-state index contributed by atoms with van der Waals surface area (Å²) in [7, 11) is 1.43.